The van der Waals surface area contributed by atoms with Crippen molar-refractivity contribution in [3.63, 3.8) is 0 Å². The molecule has 1 atom stereocenters. The van der Waals surface area contributed by atoms with Crippen LogP contribution in [0.25, 0.3) is 0 Å². The molecule has 1 aromatic carbocycles. The maximum absolute atomic E-state index is 5.13. The van der Waals surface area contributed by atoms with Gasteiger partial charge in [0.15, 0.2) is 0 Å². The lowest BCUT2D eigenvalue weighted by Crippen LogP contribution is -2.02. The van der Waals surface area contributed by atoms with Gasteiger partial charge in [-0.3, -0.25) is 0 Å². The molecule has 1 aromatic rings. The first-order valence-electron chi connectivity index (χ1n) is 5.53. The maximum atomic E-state index is 5.13. The van der Waals surface area contributed by atoms with Gasteiger partial charge in [0.05, 0.1) is 7.11 Å². The summed E-state index contributed by atoms with van der Waals surface area (Å²) < 4.78 is 5.13. The fourth-order valence-electron chi connectivity index (χ4n) is 1.55. The van der Waals surface area contributed by atoms with Crippen molar-refractivity contribution in [2.24, 2.45) is 0 Å². The predicted molar refractivity (Wildman–Crippen MR) is 68.9 cm³/mol. The minimum Gasteiger partial charge on any atom is -0.497 e. The summed E-state index contributed by atoms with van der Waals surface area (Å²) >= 11 is 3.72. The number of hydrogen-bond acceptors (Lipinski definition) is 1. The van der Waals surface area contributed by atoms with E-state index in [-0.39, 0.29) is 0 Å². The Morgan fingerprint density at radius 3 is 2.47 bits per heavy atom. The predicted octanol–water partition coefficient (Wildman–Crippen LogP) is 4.19. The highest BCUT2D eigenvalue weighted by atomic mass is 79.9. The Hall–Kier alpha value is -0.500. The lowest BCUT2D eigenvalue weighted by atomic mass is 10.1. The number of benzene rings is 1. The second kappa shape index (κ2) is 6.89. The number of hydrogen-bond donors (Lipinski definition) is 0. The van der Waals surface area contributed by atoms with Crippen LogP contribution < -0.4 is 4.74 Å². The Kier molecular flexibility index (Phi) is 5.77. The van der Waals surface area contributed by atoms with E-state index >= 15 is 0 Å². The molecule has 1 unspecified atom stereocenters. The van der Waals surface area contributed by atoms with Crippen molar-refractivity contribution in [1.29, 1.82) is 0 Å². The average molecular weight is 271 g/mol. The van der Waals surface area contributed by atoms with Crippen molar-refractivity contribution in [2.75, 3.05) is 7.11 Å². The minimum absolute atomic E-state index is 0.603. The molecule has 0 fully saturated rings. The van der Waals surface area contributed by atoms with E-state index < -0.39 is 0 Å². The molecule has 0 N–H and O–H groups in total. The van der Waals surface area contributed by atoms with Gasteiger partial charge in [0, 0.05) is 4.83 Å². The van der Waals surface area contributed by atoms with Crippen molar-refractivity contribution >= 4 is 15.9 Å². The average Bonchev–Trinajstić information content (AvgIpc) is 2.27. The Balaban J connectivity index is 2.42. The van der Waals surface area contributed by atoms with Crippen LogP contribution in [0.2, 0.25) is 0 Å². The lowest BCUT2D eigenvalue weighted by Gasteiger charge is -2.09. The Labute approximate surface area is 101 Å². The molecule has 0 aliphatic carbocycles. The van der Waals surface area contributed by atoms with Crippen LogP contribution in [0.15, 0.2) is 24.3 Å². The maximum Gasteiger partial charge on any atom is 0.118 e. The van der Waals surface area contributed by atoms with Gasteiger partial charge in [0.25, 0.3) is 0 Å². The minimum atomic E-state index is 0.603. The third kappa shape index (κ3) is 4.70. The molecule has 15 heavy (non-hydrogen) atoms. The van der Waals surface area contributed by atoms with E-state index in [4.69, 9.17) is 4.74 Å². The van der Waals surface area contributed by atoms with Crippen LogP contribution in [-0.4, -0.2) is 11.9 Å². The number of alkyl halides is 1. The van der Waals surface area contributed by atoms with E-state index in [1.54, 1.807) is 7.11 Å². The largest absolute Gasteiger partial charge is 0.497 e. The summed E-state index contributed by atoms with van der Waals surface area (Å²) in [5.74, 6) is 0.929. The summed E-state index contributed by atoms with van der Waals surface area (Å²) in [5, 5.41) is 0. The van der Waals surface area contributed by atoms with Crippen LogP contribution in [0.1, 0.15) is 31.7 Å². The summed E-state index contributed by atoms with van der Waals surface area (Å²) in [6.45, 7) is 2.23. The second-order valence-electron chi connectivity index (χ2n) is 3.79. The number of methoxy groups -OCH3 is 1. The molecular formula is C13H19BrO. The molecule has 1 nitrogen and oxygen atoms in total. The fourth-order valence-corrected chi connectivity index (χ4v) is 2.24. The second-order valence-corrected chi connectivity index (χ2v) is 5.09. The van der Waals surface area contributed by atoms with Crippen LogP contribution in [-0.2, 0) is 6.42 Å². The van der Waals surface area contributed by atoms with Crippen LogP contribution in [0.3, 0.4) is 0 Å². The molecule has 0 aromatic heterocycles. The van der Waals surface area contributed by atoms with Crippen molar-refractivity contribution in [2.45, 2.75) is 37.4 Å². The highest BCUT2D eigenvalue weighted by Crippen LogP contribution is 2.18. The van der Waals surface area contributed by atoms with Crippen molar-refractivity contribution in [1.82, 2.24) is 0 Å². The molecule has 0 saturated carbocycles. The number of halogens is 1. The number of rotatable bonds is 6. The SMILES string of the molecule is CCCCC(Br)Cc1ccc(OC)cc1. The van der Waals surface area contributed by atoms with Gasteiger partial charge in [0.2, 0.25) is 0 Å². The van der Waals surface area contributed by atoms with E-state index in [1.807, 2.05) is 12.1 Å². The van der Waals surface area contributed by atoms with Gasteiger partial charge >= 0.3 is 0 Å². The topological polar surface area (TPSA) is 9.23 Å². The van der Waals surface area contributed by atoms with Crippen LogP contribution >= 0.6 is 15.9 Å². The molecule has 0 aliphatic rings. The molecule has 1 rings (SSSR count). The van der Waals surface area contributed by atoms with Crippen LogP contribution in [0.4, 0.5) is 0 Å². The number of ether oxygens (including phenoxy) is 1. The van der Waals surface area contributed by atoms with Crippen molar-refractivity contribution in [3.8, 4) is 5.75 Å². The fraction of sp³-hybridized carbons (Fsp3) is 0.538. The van der Waals surface area contributed by atoms with E-state index in [9.17, 15) is 0 Å². The first kappa shape index (κ1) is 12.6. The van der Waals surface area contributed by atoms with E-state index in [1.165, 1.54) is 24.8 Å². The van der Waals surface area contributed by atoms with Gasteiger partial charge in [-0.25, -0.2) is 0 Å². The summed E-state index contributed by atoms with van der Waals surface area (Å²) in [5.41, 5.74) is 1.37. The molecular weight excluding hydrogens is 252 g/mol. The zero-order valence-corrected chi connectivity index (χ0v) is 11.1. The summed E-state index contributed by atoms with van der Waals surface area (Å²) in [4.78, 5) is 0.603. The van der Waals surface area contributed by atoms with Crippen LogP contribution in [0, 0.1) is 0 Å². The van der Waals surface area contributed by atoms with Gasteiger partial charge in [-0.15, -0.1) is 0 Å². The Bertz CT molecular complexity index is 268. The first-order valence-corrected chi connectivity index (χ1v) is 6.44. The highest BCUT2D eigenvalue weighted by Gasteiger charge is 2.04. The molecule has 0 radical (unpaired) electrons. The van der Waals surface area contributed by atoms with Crippen molar-refractivity contribution in [3.05, 3.63) is 29.8 Å². The van der Waals surface area contributed by atoms with Gasteiger partial charge < -0.3 is 4.74 Å². The zero-order chi connectivity index (χ0) is 11.1. The molecule has 84 valence electrons. The van der Waals surface area contributed by atoms with Gasteiger partial charge in [-0.05, 0) is 30.5 Å². The molecule has 0 aliphatic heterocycles. The lowest BCUT2D eigenvalue weighted by molar-refractivity contribution is 0.414. The summed E-state index contributed by atoms with van der Waals surface area (Å²) in [6, 6.07) is 8.32. The van der Waals surface area contributed by atoms with E-state index in [0.717, 1.165) is 12.2 Å². The molecule has 0 amide bonds. The number of unbranched alkanes of at least 4 members (excludes halogenated alkanes) is 1. The smallest absolute Gasteiger partial charge is 0.118 e. The highest BCUT2D eigenvalue weighted by molar-refractivity contribution is 9.09. The first-order chi connectivity index (χ1) is 7.26. The normalized spacial score (nSPS) is 12.5. The Morgan fingerprint density at radius 2 is 1.93 bits per heavy atom. The monoisotopic (exact) mass is 270 g/mol. The third-order valence-corrected chi connectivity index (χ3v) is 3.27. The molecule has 2 heteroatoms. The van der Waals surface area contributed by atoms with Crippen molar-refractivity contribution < 1.29 is 4.74 Å². The molecule has 0 bridgehead atoms. The molecule has 0 spiro atoms. The molecule has 0 heterocycles. The quantitative estimate of drug-likeness (QED) is 0.705. The van der Waals surface area contributed by atoms with Gasteiger partial charge in [-0.2, -0.15) is 0 Å². The van der Waals surface area contributed by atoms with Gasteiger partial charge in [-0.1, -0.05) is 47.8 Å². The molecule has 0 saturated heterocycles. The Morgan fingerprint density at radius 1 is 1.27 bits per heavy atom. The zero-order valence-electron chi connectivity index (χ0n) is 9.50. The standard InChI is InChI=1S/C13H19BrO/c1-3-4-5-12(14)10-11-6-8-13(15-2)9-7-11/h6-9,12H,3-5,10H2,1-2H3. The van der Waals surface area contributed by atoms with E-state index in [0.29, 0.717) is 4.83 Å². The van der Waals surface area contributed by atoms with Gasteiger partial charge in [0.1, 0.15) is 5.75 Å². The van der Waals surface area contributed by atoms with E-state index in [2.05, 4.69) is 35.0 Å². The summed E-state index contributed by atoms with van der Waals surface area (Å²) in [7, 11) is 1.70. The summed E-state index contributed by atoms with van der Waals surface area (Å²) in [6.07, 6.45) is 4.92. The van der Waals surface area contributed by atoms with Crippen LogP contribution in [0.5, 0.6) is 5.75 Å². The third-order valence-electron chi connectivity index (χ3n) is 2.49.